The van der Waals surface area contributed by atoms with Crippen molar-refractivity contribution in [3.63, 3.8) is 0 Å². The first-order chi connectivity index (χ1) is 12.0. The second-order valence-corrected chi connectivity index (χ2v) is 6.61. The summed E-state index contributed by atoms with van der Waals surface area (Å²) in [4.78, 5) is 32.7. The monoisotopic (exact) mass is 340 g/mol. The van der Waals surface area contributed by atoms with Gasteiger partial charge in [0.05, 0.1) is 0 Å². The predicted molar refractivity (Wildman–Crippen MR) is 96.9 cm³/mol. The molecule has 0 bridgehead atoms. The van der Waals surface area contributed by atoms with E-state index in [4.69, 9.17) is 0 Å². The second-order valence-electron chi connectivity index (χ2n) is 6.61. The molecule has 1 aliphatic heterocycles. The first-order valence-electron chi connectivity index (χ1n) is 8.66. The third-order valence-electron chi connectivity index (χ3n) is 4.79. The third kappa shape index (κ3) is 4.14. The Bertz CT molecular complexity index is 815. The highest BCUT2D eigenvalue weighted by atomic mass is 16.2. The first kappa shape index (κ1) is 17.4. The van der Waals surface area contributed by atoms with Gasteiger partial charge in [-0.15, -0.1) is 0 Å². The molecule has 6 heteroatoms. The Morgan fingerprint density at radius 2 is 2.16 bits per heavy atom. The number of aromatic nitrogens is 2. The maximum Gasteiger partial charge on any atom is 0.263 e. The number of aryl methyl sites for hydroxylation is 2. The second kappa shape index (κ2) is 7.61. The van der Waals surface area contributed by atoms with E-state index in [-0.39, 0.29) is 11.5 Å². The number of nitrogens with one attached hydrogen (secondary N) is 2. The van der Waals surface area contributed by atoms with E-state index in [0.29, 0.717) is 18.3 Å². The molecule has 0 unspecified atom stereocenters. The van der Waals surface area contributed by atoms with Crippen LogP contribution in [0.15, 0.2) is 35.3 Å². The number of aromatic amines is 1. The van der Waals surface area contributed by atoms with Gasteiger partial charge < -0.3 is 15.2 Å². The molecule has 1 atom stereocenters. The number of amides is 1. The summed E-state index contributed by atoms with van der Waals surface area (Å²) in [5.41, 5.74) is 2.43. The van der Waals surface area contributed by atoms with Gasteiger partial charge in [0, 0.05) is 25.8 Å². The fraction of sp³-hybridized carbons (Fsp3) is 0.421. The van der Waals surface area contributed by atoms with Crippen LogP contribution in [0.1, 0.15) is 39.6 Å². The minimum absolute atomic E-state index is 0.0600. The highest BCUT2D eigenvalue weighted by Crippen LogP contribution is 2.28. The van der Waals surface area contributed by atoms with Crippen LogP contribution in [0.4, 0.5) is 0 Å². The normalized spacial score (nSPS) is 17.6. The molecule has 1 saturated heterocycles. The van der Waals surface area contributed by atoms with Crippen molar-refractivity contribution < 1.29 is 4.79 Å². The molecule has 1 aliphatic rings. The zero-order chi connectivity index (χ0) is 17.8. The predicted octanol–water partition coefficient (Wildman–Crippen LogP) is 1.61. The molecule has 0 aliphatic carbocycles. The smallest absolute Gasteiger partial charge is 0.263 e. The lowest BCUT2D eigenvalue weighted by Gasteiger charge is -2.17. The summed E-state index contributed by atoms with van der Waals surface area (Å²) in [7, 11) is 0. The zero-order valence-corrected chi connectivity index (χ0v) is 14.7. The van der Waals surface area contributed by atoms with E-state index in [2.05, 4.69) is 51.4 Å². The average molecular weight is 340 g/mol. The number of H-pyrrole nitrogens is 1. The van der Waals surface area contributed by atoms with Crippen LogP contribution in [0.3, 0.4) is 0 Å². The number of likely N-dealkylation sites (tertiary alicyclic amines) is 1. The molecule has 0 radical (unpaired) electrons. The van der Waals surface area contributed by atoms with Crippen LogP contribution in [-0.2, 0) is 0 Å². The minimum Gasteiger partial charge on any atom is -0.351 e. The lowest BCUT2D eigenvalue weighted by Crippen LogP contribution is -2.36. The number of hydrogen-bond donors (Lipinski definition) is 2. The molecular formula is C19H24N4O2. The van der Waals surface area contributed by atoms with Crippen LogP contribution < -0.4 is 10.9 Å². The van der Waals surface area contributed by atoms with Gasteiger partial charge in [0.25, 0.3) is 11.5 Å². The van der Waals surface area contributed by atoms with Crippen LogP contribution in [0, 0.1) is 13.8 Å². The molecule has 1 aromatic heterocycles. The van der Waals surface area contributed by atoms with Crippen molar-refractivity contribution >= 4 is 5.91 Å². The summed E-state index contributed by atoms with van der Waals surface area (Å²) in [6.07, 6.45) is 2.47. The van der Waals surface area contributed by atoms with Gasteiger partial charge in [0.1, 0.15) is 11.4 Å². The number of carbonyl (C=O) groups excluding carboxylic acids is 1. The topological polar surface area (TPSA) is 78.1 Å². The standard InChI is InChI=1S/C19H24N4O2/c1-13-5-3-4-6-16(13)15-7-9-23(12-15)10-8-20-18(24)17-11-21-14(2)22-19(17)25/h3-6,11,15H,7-10,12H2,1-2H3,(H,20,24)(H,21,22,25)/t15-/m0/s1. The molecular weight excluding hydrogens is 316 g/mol. The summed E-state index contributed by atoms with van der Waals surface area (Å²) >= 11 is 0. The van der Waals surface area contributed by atoms with Crippen molar-refractivity contribution in [3.05, 3.63) is 63.3 Å². The SMILES string of the molecule is Cc1ncc(C(=O)NCCN2CC[C@H](c3ccccc3C)C2)c(=O)[nH]1. The number of hydrogen-bond acceptors (Lipinski definition) is 4. The summed E-state index contributed by atoms with van der Waals surface area (Å²) in [6.45, 7) is 7.18. The maximum absolute atomic E-state index is 12.1. The van der Waals surface area contributed by atoms with Crippen molar-refractivity contribution in [1.82, 2.24) is 20.2 Å². The van der Waals surface area contributed by atoms with Crippen LogP contribution in [0.5, 0.6) is 0 Å². The molecule has 1 aromatic carbocycles. The van der Waals surface area contributed by atoms with Gasteiger partial charge in [0.15, 0.2) is 0 Å². The lowest BCUT2D eigenvalue weighted by molar-refractivity contribution is 0.0947. The van der Waals surface area contributed by atoms with E-state index in [9.17, 15) is 9.59 Å². The van der Waals surface area contributed by atoms with E-state index in [1.807, 2.05) is 0 Å². The van der Waals surface area contributed by atoms with Crippen molar-refractivity contribution in [2.24, 2.45) is 0 Å². The lowest BCUT2D eigenvalue weighted by atomic mass is 9.94. The van der Waals surface area contributed by atoms with Gasteiger partial charge in [-0.1, -0.05) is 24.3 Å². The van der Waals surface area contributed by atoms with E-state index >= 15 is 0 Å². The van der Waals surface area contributed by atoms with E-state index in [1.165, 1.54) is 17.3 Å². The van der Waals surface area contributed by atoms with Crippen molar-refractivity contribution in [2.45, 2.75) is 26.2 Å². The molecule has 1 fully saturated rings. The van der Waals surface area contributed by atoms with Gasteiger partial charge in [-0.3, -0.25) is 9.59 Å². The molecule has 0 spiro atoms. The molecule has 132 valence electrons. The Hall–Kier alpha value is -2.47. The van der Waals surface area contributed by atoms with E-state index in [1.54, 1.807) is 6.92 Å². The van der Waals surface area contributed by atoms with Gasteiger partial charge in [-0.25, -0.2) is 4.98 Å². The maximum atomic E-state index is 12.1. The molecule has 3 rings (SSSR count). The Labute approximate surface area is 147 Å². The van der Waals surface area contributed by atoms with Crippen LogP contribution in [-0.4, -0.2) is 47.0 Å². The Morgan fingerprint density at radius 1 is 1.36 bits per heavy atom. The largest absolute Gasteiger partial charge is 0.351 e. The van der Waals surface area contributed by atoms with Crippen molar-refractivity contribution in [2.75, 3.05) is 26.2 Å². The fourth-order valence-corrected chi connectivity index (χ4v) is 3.40. The Balaban J connectivity index is 1.49. The molecule has 2 aromatic rings. The first-order valence-corrected chi connectivity index (χ1v) is 8.66. The Morgan fingerprint density at radius 3 is 2.92 bits per heavy atom. The van der Waals surface area contributed by atoms with Crippen molar-refractivity contribution in [1.29, 1.82) is 0 Å². The minimum atomic E-state index is -0.397. The molecule has 25 heavy (non-hydrogen) atoms. The van der Waals surface area contributed by atoms with Gasteiger partial charge in [-0.05, 0) is 43.9 Å². The third-order valence-corrected chi connectivity index (χ3v) is 4.79. The number of nitrogens with zero attached hydrogens (tertiary/aromatic N) is 2. The van der Waals surface area contributed by atoms with E-state index < -0.39 is 5.56 Å². The summed E-state index contributed by atoms with van der Waals surface area (Å²) in [6, 6.07) is 8.54. The Kier molecular flexibility index (Phi) is 5.28. The molecule has 6 nitrogen and oxygen atoms in total. The fourth-order valence-electron chi connectivity index (χ4n) is 3.40. The van der Waals surface area contributed by atoms with Crippen LogP contribution in [0.2, 0.25) is 0 Å². The van der Waals surface area contributed by atoms with E-state index in [0.717, 1.165) is 26.1 Å². The highest BCUT2D eigenvalue weighted by molar-refractivity contribution is 5.93. The quantitative estimate of drug-likeness (QED) is 0.867. The summed E-state index contributed by atoms with van der Waals surface area (Å²) in [5.74, 6) is 0.685. The number of rotatable bonds is 5. The van der Waals surface area contributed by atoms with Gasteiger partial charge >= 0.3 is 0 Å². The zero-order valence-electron chi connectivity index (χ0n) is 14.7. The molecule has 0 saturated carbocycles. The number of carbonyl (C=O) groups is 1. The number of benzene rings is 1. The van der Waals surface area contributed by atoms with Crippen LogP contribution >= 0.6 is 0 Å². The van der Waals surface area contributed by atoms with Crippen LogP contribution in [0.25, 0.3) is 0 Å². The molecule has 1 amide bonds. The van der Waals surface area contributed by atoms with Crippen molar-refractivity contribution in [3.8, 4) is 0 Å². The highest BCUT2D eigenvalue weighted by Gasteiger charge is 2.24. The molecule has 2 heterocycles. The van der Waals surface area contributed by atoms with Gasteiger partial charge in [0.2, 0.25) is 0 Å². The van der Waals surface area contributed by atoms with Gasteiger partial charge in [-0.2, -0.15) is 0 Å². The average Bonchev–Trinajstić information content (AvgIpc) is 3.03. The molecule has 2 N–H and O–H groups in total. The summed E-state index contributed by atoms with van der Waals surface area (Å²) < 4.78 is 0. The summed E-state index contributed by atoms with van der Waals surface area (Å²) in [5, 5.41) is 2.81.